The van der Waals surface area contributed by atoms with Crippen LogP contribution in [0.25, 0.3) is 6.08 Å². The minimum atomic E-state index is -0.457. The van der Waals surface area contributed by atoms with Crippen molar-refractivity contribution in [3.8, 4) is 0 Å². The van der Waals surface area contributed by atoms with Gasteiger partial charge in [0.05, 0.1) is 10.5 Å². The molecule has 120 valence electrons. The third-order valence-corrected chi connectivity index (χ3v) is 3.39. The Hall–Kier alpha value is -2.21. The van der Waals surface area contributed by atoms with Crippen molar-refractivity contribution in [3.63, 3.8) is 0 Å². The zero-order valence-electron chi connectivity index (χ0n) is 13.1. The first-order chi connectivity index (χ1) is 10.6. The number of hydrogen-bond donors (Lipinski definition) is 1. The van der Waals surface area contributed by atoms with Gasteiger partial charge in [0.15, 0.2) is 0 Å². The molecule has 0 fully saturated rings. The minimum absolute atomic E-state index is 0.00640. The van der Waals surface area contributed by atoms with Crippen molar-refractivity contribution in [2.45, 2.75) is 20.3 Å². The summed E-state index contributed by atoms with van der Waals surface area (Å²) in [7, 11) is 0. The molecule has 0 atom stereocenters. The number of nitro groups is 1. The molecule has 0 bridgehead atoms. The number of amides is 1. The smallest absolute Gasteiger partial charge is 0.276 e. The summed E-state index contributed by atoms with van der Waals surface area (Å²) in [5, 5.41) is 13.6. The predicted octanol–water partition coefficient (Wildman–Crippen LogP) is 2.46. The Morgan fingerprint density at radius 2 is 2.00 bits per heavy atom. The molecule has 22 heavy (non-hydrogen) atoms. The molecule has 0 aliphatic heterocycles. The van der Waals surface area contributed by atoms with Crippen molar-refractivity contribution >= 4 is 17.7 Å². The second-order valence-corrected chi connectivity index (χ2v) is 4.82. The van der Waals surface area contributed by atoms with Gasteiger partial charge in [0.2, 0.25) is 5.91 Å². The van der Waals surface area contributed by atoms with Gasteiger partial charge in [-0.25, -0.2) is 0 Å². The van der Waals surface area contributed by atoms with Gasteiger partial charge in [-0.3, -0.25) is 14.9 Å². The van der Waals surface area contributed by atoms with Crippen LogP contribution in [0.2, 0.25) is 0 Å². The maximum atomic E-state index is 11.7. The molecule has 0 radical (unpaired) electrons. The summed E-state index contributed by atoms with van der Waals surface area (Å²) < 4.78 is 0. The number of nitrogens with one attached hydrogen (secondary N) is 1. The van der Waals surface area contributed by atoms with Crippen molar-refractivity contribution in [2.75, 3.05) is 26.2 Å². The molecule has 6 nitrogen and oxygen atoms in total. The molecule has 6 heteroatoms. The van der Waals surface area contributed by atoms with Crippen LogP contribution in [0.4, 0.5) is 5.69 Å². The molecule has 0 heterocycles. The molecule has 0 saturated heterocycles. The first kappa shape index (κ1) is 17.8. The zero-order chi connectivity index (χ0) is 16.4. The maximum absolute atomic E-state index is 11.7. The second-order valence-electron chi connectivity index (χ2n) is 4.82. The van der Waals surface area contributed by atoms with Gasteiger partial charge in [-0.1, -0.05) is 26.0 Å². The highest BCUT2D eigenvalue weighted by atomic mass is 16.6. The molecule has 1 rings (SSSR count). The molecular formula is C16H23N3O3. The number of benzene rings is 1. The fraction of sp³-hybridized carbons (Fsp3) is 0.438. The van der Waals surface area contributed by atoms with E-state index in [1.807, 2.05) is 0 Å². The Kier molecular flexibility index (Phi) is 7.85. The Morgan fingerprint density at radius 1 is 1.32 bits per heavy atom. The molecule has 0 aliphatic carbocycles. The van der Waals surface area contributed by atoms with E-state index in [-0.39, 0.29) is 11.6 Å². The van der Waals surface area contributed by atoms with Crippen molar-refractivity contribution in [3.05, 3.63) is 46.0 Å². The Morgan fingerprint density at radius 3 is 2.64 bits per heavy atom. The van der Waals surface area contributed by atoms with Crippen molar-refractivity contribution in [1.82, 2.24) is 10.2 Å². The molecule has 0 spiro atoms. The lowest BCUT2D eigenvalue weighted by Crippen LogP contribution is -2.29. The zero-order valence-corrected chi connectivity index (χ0v) is 13.1. The average molecular weight is 305 g/mol. The summed E-state index contributed by atoms with van der Waals surface area (Å²) in [5.74, 6) is -0.238. The van der Waals surface area contributed by atoms with E-state index in [4.69, 9.17) is 0 Å². The largest absolute Gasteiger partial charge is 0.353 e. The topological polar surface area (TPSA) is 75.5 Å². The highest BCUT2D eigenvalue weighted by Crippen LogP contribution is 2.18. The number of rotatable bonds is 9. The van der Waals surface area contributed by atoms with Gasteiger partial charge in [0.25, 0.3) is 5.69 Å². The van der Waals surface area contributed by atoms with E-state index < -0.39 is 4.92 Å². The Labute approximate surface area is 131 Å². The van der Waals surface area contributed by atoms with E-state index in [9.17, 15) is 14.9 Å². The summed E-state index contributed by atoms with van der Waals surface area (Å²) >= 11 is 0. The Bertz CT molecular complexity index is 525. The van der Waals surface area contributed by atoms with Crippen LogP contribution in [0, 0.1) is 10.1 Å². The van der Waals surface area contributed by atoms with E-state index in [1.54, 1.807) is 18.2 Å². The highest BCUT2D eigenvalue weighted by molar-refractivity contribution is 5.92. The van der Waals surface area contributed by atoms with Gasteiger partial charge in [0, 0.05) is 18.7 Å². The van der Waals surface area contributed by atoms with E-state index in [0.717, 1.165) is 26.1 Å². The standard InChI is InChI=1S/C16H23N3O3/c1-3-18(4-2)13-7-12-17-16(20)11-10-14-8-5-6-9-15(14)19(21)22/h5-6,8-11H,3-4,7,12-13H2,1-2H3,(H,17,20)/b11-10+. The summed E-state index contributed by atoms with van der Waals surface area (Å²) in [5.41, 5.74) is 0.416. The lowest BCUT2D eigenvalue weighted by Gasteiger charge is -2.17. The molecule has 0 saturated carbocycles. The van der Waals surface area contributed by atoms with Crippen LogP contribution in [0.5, 0.6) is 0 Å². The minimum Gasteiger partial charge on any atom is -0.353 e. The fourth-order valence-electron chi connectivity index (χ4n) is 2.07. The first-order valence-corrected chi connectivity index (χ1v) is 7.50. The van der Waals surface area contributed by atoms with Crippen LogP contribution in [-0.4, -0.2) is 41.9 Å². The van der Waals surface area contributed by atoms with Crippen molar-refractivity contribution in [2.24, 2.45) is 0 Å². The van der Waals surface area contributed by atoms with E-state index >= 15 is 0 Å². The summed E-state index contributed by atoms with van der Waals surface area (Å²) in [6, 6.07) is 6.33. The fourth-order valence-corrected chi connectivity index (χ4v) is 2.07. The molecule has 1 N–H and O–H groups in total. The number of carbonyl (C=O) groups is 1. The number of para-hydroxylation sites is 1. The van der Waals surface area contributed by atoms with E-state index in [1.165, 1.54) is 18.2 Å². The van der Waals surface area contributed by atoms with E-state index in [2.05, 4.69) is 24.1 Å². The summed E-state index contributed by atoms with van der Waals surface area (Å²) in [6.45, 7) is 7.76. The van der Waals surface area contributed by atoms with Crippen LogP contribution in [-0.2, 0) is 4.79 Å². The highest BCUT2D eigenvalue weighted by Gasteiger charge is 2.09. The molecule has 0 unspecified atom stereocenters. The monoisotopic (exact) mass is 305 g/mol. The number of hydrogen-bond acceptors (Lipinski definition) is 4. The predicted molar refractivity (Wildman–Crippen MR) is 87.5 cm³/mol. The number of nitrogens with zero attached hydrogens (tertiary/aromatic N) is 2. The first-order valence-electron chi connectivity index (χ1n) is 7.50. The van der Waals surface area contributed by atoms with Gasteiger partial charge in [-0.05, 0) is 38.2 Å². The Balaban J connectivity index is 2.44. The molecule has 0 aliphatic rings. The molecular weight excluding hydrogens is 282 g/mol. The van der Waals surface area contributed by atoms with Crippen LogP contribution in [0.15, 0.2) is 30.3 Å². The van der Waals surface area contributed by atoms with Gasteiger partial charge in [0.1, 0.15) is 0 Å². The van der Waals surface area contributed by atoms with Crippen LogP contribution in [0.1, 0.15) is 25.8 Å². The maximum Gasteiger partial charge on any atom is 0.276 e. The lowest BCUT2D eigenvalue weighted by molar-refractivity contribution is -0.385. The van der Waals surface area contributed by atoms with Crippen molar-refractivity contribution in [1.29, 1.82) is 0 Å². The van der Waals surface area contributed by atoms with Crippen LogP contribution in [0.3, 0.4) is 0 Å². The third-order valence-electron chi connectivity index (χ3n) is 3.39. The molecule has 1 amide bonds. The number of nitro benzene ring substituents is 1. The SMILES string of the molecule is CCN(CC)CCCNC(=O)/C=C/c1ccccc1[N+](=O)[O-]. The van der Waals surface area contributed by atoms with Crippen molar-refractivity contribution < 1.29 is 9.72 Å². The average Bonchev–Trinajstić information content (AvgIpc) is 2.53. The second kappa shape index (κ2) is 9.68. The van der Waals surface area contributed by atoms with Gasteiger partial charge < -0.3 is 10.2 Å². The van der Waals surface area contributed by atoms with E-state index in [0.29, 0.717) is 12.1 Å². The lowest BCUT2D eigenvalue weighted by atomic mass is 10.1. The van der Waals surface area contributed by atoms with Gasteiger partial charge in [-0.15, -0.1) is 0 Å². The molecule has 0 aromatic heterocycles. The molecule has 1 aromatic rings. The van der Waals surface area contributed by atoms with Gasteiger partial charge in [-0.2, -0.15) is 0 Å². The number of carbonyl (C=O) groups excluding carboxylic acids is 1. The summed E-state index contributed by atoms with van der Waals surface area (Å²) in [6.07, 6.45) is 3.68. The normalized spacial score (nSPS) is 11.0. The summed E-state index contributed by atoms with van der Waals surface area (Å²) in [4.78, 5) is 24.4. The van der Waals surface area contributed by atoms with Crippen LogP contribution < -0.4 is 5.32 Å². The molecule has 1 aromatic carbocycles. The van der Waals surface area contributed by atoms with Gasteiger partial charge >= 0.3 is 0 Å². The third kappa shape index (κ3) is 6.05. The van der Waals surface area contributed by atoms with Crippen LogP contribution >= 0.6 is 0 Å². The quantitative estimate of drug-likeness (QED) is 0.329.